The molecule has 2 amide bonds. The van der Waals surface area contributed by atoms with Crippen LogP contribution in [-0.4, -0.2) is 55.1 Å². The average Bonchev–Trinajstić information content (AvgIpc) is 3.45. The van der Waals surface area contributed by atoms with Crippen LogP contribution in [0, 0.1) is 24.7 Å². The highest BCUT2D eigenvalue weighted by molar-refractivity contribution is 5.78. The molecule has 6 heteroatoms. The third-order valence-corrected chi connectivity index (χ3v) is 6.93. The van der Waals surface area contributed by atoms with E-state index in [9.17, 15) is 9.59 Å². The highest BCUT2D eigenvalue weighted by Crippen LogP contribution is 2.38. The van der Waals surface area contributed by atoms with Crippen LogP contribution in [0.5, 0.6) is 0 Å². The molecule has 2 N–H and O–H groups in total. The van der Waals surface area contributed by atoms with Crippen LogP contribution in [0.25, 0.3) is 0 Å². The minimum Gasteiger partial charge on any atom is -0.376 e. The number of benzene rings is 1. The van der Waals surface area contributed by atoms with Gasteiger partial charge in [0.15, 0.2) is 0 Å². The zero-order valence-corrected chi connectivity index (χ0v) is 18.2. The Bertz CT molecular complexity index is 764. The summed E-state index contributed by atoms with van der Waals surface area (Å²) in [5.74, 6) is 1.88. The topological polar surface area (TPSA) is 70.7 Å². The smallest absolute Gasteiger partial charge is 0.234 e. The van der Waals surface area contributed by atoms with Crippen molar-refractivity contribution in [1.29, 1.82) is 0 Å². The average molecular weight is 414 g/mol. The van der Waals surface area contributed by atoms with Crippen molar-refractivity contribution in [3.05, 3.63) is 35.4 Å². The highest BCUT2D eigenvalue weighted by Gasteiger charge is 2.43. The van der Waals surface area contributed by atoms with Gasteiger partial charge in [0.1, 0.15) is 0 Å². The summed E-state index contributed by atoms with van der Waals surface area (Å²) in [7, 11) is 0. The summed E-state index contributed by atoms with van der Waals surface area (Å²) in [5, 5.41) is 6.20. The molecule has 0 radical (unpaired) electrons. The van der Waals surface area contributed by atoms with E-state index in [1.807, 2.05) is 12.1 Å². The molecule has 3 fully saturated rings. The number of hydrogen-bond acceptors (Lipinski definition) is 4. The Kier molecular flexibility index (Phi) is 6.74. The largest absolute Gasteiger partial charge is 0.376 e. The van der Waals surface area contributed by atoms with E-state index in [1.54, 1.807) is 6.92 Å². The summed E-state index contributed by atoms with van der Waals surface area (Å²) in [6, 6.07) is 8.25. The highest BCUT2D eigenvalue weighted by atomic mass is 16.5. The second kappa shape index (κ2) is 9.48. The minimum atomic E-state index is 0.0175. The van der Waals surface area contributed by atoms with Crippen LogP contribution in [0.3, 0.4) is 0 Å². The molecule has 1 aliphatic heterocycles. The van der Waals surface area contributed by atoms with Crippen molar-refractivity contribution < 1.29 is 14.3 Å². The van der Waals surface area contributed by atoms with Crippen molar-refractivity contribution in [1.82, 2.24) is 15.5 Å². The molecule has 1 saturated heterocycles. The Labute approximate surface area is 179 Å². The third kappa shape index (κ3) is 5.61. The molecule has 4 rings (SSSR count). The lowest BCUT2D eigenvalue weighted by Gasteiger charge is -2.38. The maximum absolute atomic E-state index is 12.5. The van der Waals surface area contributed by atoms with Gasteiger partial charge in [-0.15, -0.1) is 0 Å². The maximum Gasteiger partial charge on any atom is 0.234 e. The number of rotatable bonds is 8. The van der Waals surface area contributed by atoms with Gasteiger partial charge in [0.05, 0.1) is 18.7 Å². The van der Waals surface area contributed by atoms with Crippen LogP contribution < -0.4 is 10.6 Å². The fourth-order valence-electron chi connectivity index (χ4n) is 5.04. The van der Waals surface area contributed by atoms with Gasteiger partial charge in [-0.1, -0.05) is 24.3 Å². The van der Waals surface area contributed by atoms with Gasteiger partial charge in [-0.05, 0) is 61.5 Å². The molecule has 164 valence electrons. The Morgan fingerprint density at radius 2 is 1.87 bits per heavy atom. The molecule has 0 unspecified atom stereocenters. The normalized spacial score (nSPS) is 28.7. The number of hydrogen-bond donors (Lipinski definition) is 2. The molecule has 0 bridgehead atoms. The molecule has 1 aromatic rings. The second-order valence-electron chi connectivity index (χ2n) is 9.51. The summed E-state index contributed by atoms with van der Waals surface area (Å²) in [6.07, 6.45) is 4.57. The number of ether oxygens (including phenoxy) is 1. The molecular formula is C24H35N3O3. The molecule has 1 aromatic carbocycles. The first kappa shape index (κ1) is 21.3. The first-order chi connectivity index (χ1) is 14.5. The van der Waals surface area contributed by atoms with E-state index in [0.717, 1.165) is 44.0 Å². The van der Waals surface area contributed by atoms with Crippen molar-refractivity contribution in [3.63, 3.8) is 0 Å². The summed E-state index contributed by atoms with van der Waals surface area (Å²) in [4.78, 5) is 26.5. The summed E-state index contributed by atoms with van der Waals surface area (Å²) < 4.78 is 6.23. The summed E-state index contributed by atoms with van der Waals surface area (Å²) in [6.45, 7) is 7.37. The fourth-order valence-corrected chi connectivity index (χ4v) is 5.04. The van der Waals surface area contributed by atoms with E-state index in [1.165, 1.54) is 18.4 Å². The summed E-state index contributed by atoms with van der Waals surface area (Å²) in [5.41, 5.74) is 2.36. The van der Waals surface area contributed by atoms with Crippen molar-refractivity contribution in [2.75, 3.05) is 26.2 Å². The Morgan fingerprint density at radius 1 is 1.13 bits per heavy atom. The number of nitrogens with zero attached hydrogens (tertiary/aromatic N) is 1. The van der Waals surface area contributed by atoms with E-state index in [-0.39, 0.29) is 24.0 Å². The van der Waals surface area contributed by atoms with Crippen LogP contribution in [0.2, 0.25) is 0 Å². The molecule has 0 spiro atoms. The van der Waals surface area contributed by atoms with Crippen molar-refractivity contribution in [2.45, 2.75) is 58.2 Å². The Hall–Kier alpha value is -1.92. The van der Waals surface area contributed by atoms with Gasteiger partial charge in [0.2, 0.25) is 11.8 Å². The Balaban J connectivity index is 1.28. The number of carbonyl (C=O) groups excluding carboxylic acids is 2. The summed E-state index contributed by atoms with van der Waals surface area (Å²) >= 11 is 0. The number of carbonyl (C=O) groups is 2. The lowest BCUT2D eigenvalue weighted by molar-refractivity contribution is -0.123. The lowest BCUT2D eigenvalue weighted by Crippen LogP contribution is -2.50. The third-order valence-electron chi connectivity index (χ3n) is 6.93. The number of aryl methyl sites for hydroxylation is 1. The molecule has 4 atom stereocenters. The predicted octanol–water partition coefficient (Wildman–Crippen LogP) is 2.25. The molecule has 30 heavy (non-hydrogen) atoms. The van der Waals surface area contributed by atoms with E-state index in [4.69, 9.17) is 4.74 Å². The lowest BCUT2D eigenvalue weighted by atomic mass is 9.77. The standard InChI is InChI=1S/C24H35N3O3/c1-16-5-3-4-6-19(16)11-25-24(29)14-27-12-20-9-22(26-17(2)28)23(10-21(20)13-27)30-15-18-7-8-18/h3-6,18,20-23H,7-15H2,1-2H3,(H,25,29)(H,26,28)/t20-,21+,22-,23-/m1/s1. The van der Waals surface area contributed by atoms with Gasteiger partial charge >= 0.3 is 0 Å². The van der Waals surface area contributed by atoms with Crippen molar-refractivity contribution >= 4 is 11.8 Å². The number of nitrogens with one attached hydrogen (secondary N) is 2. The van der Waals surface area contributed by atoms with Gasteiger partial charge in [-0.2, -0.15) is 0 Å². The molecular weight excluding hydrogens is 378 g/mol. The molecule has 0 aromatic heterocycles. The van der Waals surface area contributed by atoms with Crippen LogP contribution in [0.1, 0.15) is 43.7 Å². The quantitative estimate of drug-likeness (QED) is 0.686. The van der Waals surface area contributed by atoms with Gasteiger partial charge < -0.3 is 15.4 Å². The van der Waals surface area contributed by atoms with E-state index < -0.39 is 0 Å². The molecule has 6 nitrogen and oxygen atoms in total. The van der Waals surface area contributed by atoms with Gasteiger partial charge in [-0.3, -0.25) is 14.5 Å². The van der Waals surface area contributed by atoms with Gasteiger partial charge in [-0.25, -0.2) is 0 Å². The zero-order chi connectivity index (χ0) is 21.1. The van der Waals surface area contributed by atoms with Crippen LogP contribution in [-0.2, 0) is 20.9 Å². The predicted molar refractivity (Wildman–Crippen MR) is 116 cm³/mol. The van der Waals surface area contributed by atoms with Crippen molar-refractivity contribution in [3.8, 4) is 0 Å². The number of amides is 2. The molecule has 1 heterocycles. The molecule has 3 aliphatic rings. The molecule has 2 saturated carbocycles. The Morgan fingerprint density at radius 3 is 2.57 bits per heavy atom. The first-order valence-corrected chi connectivity index (χ1v) is 11.4. The van der Waals surface area contributed by atoms with E-state index in [0.29, 0.717) is 24.9 Å². The van der Waals surface area contributed by atoms with Crippen LogP contribution >= 0.6 is 0 Å². The zero-order valence-electron chi connectivity index (χ0n) is 18.2. The SMILES string of the molecule is CC(=O)N[C@@H]1C[C@@H]2CN(CC(=O)NCc3ccccc3C)C[C@@H]2C[C@H]1OCC1CC1. The number of likely N-dealkylation sites (tertiary alicyclic amines) is 1. The second-order valence-corrected chi connectivity index (χ2v) is 9.51. The van der Waals surface area contributed by atoms with Crippen LogP contribution in [0.4, 0.5) is 0 Å². The molecule has 2 aliphatic carbocycles. The maximum atomic E-state index is 12.5. The monoisotopic (exact) mass is 413 g/mol. The minimum absolute atomic E-state index is 0.0175. The number of fused-ring (bicyclic) bond motifs is 1. The van der Waals surface area contributed by atoms with Crippen molar-refractivity contribution in [2.24, 2.45) is 17.8 Å². The van der Waals surface area contributed by atoms with Crippen LogP contribution in [0.15, 0.2) is 24.3 Å². The van der Waals surface area contributed by atoms with E-state index in [2.05, 4.69) is 34.6 Å². The van der Waals surface area contributed by atoms with E-state index >= 15 is 0 Å². The van der Waals surface area contributed by atoms with Gasteiger partial charge in [0, 0.05) is 33.2 Å². The fraction of sp³-hybridized carbons (Fsp3) is 0.667. The van der Waals surface area contributed by atoms with Gasteiger partial charge in [0.25, 0.3) is 0 Å². The first-order valence-electron chi connectivity index (χ1n) is 11.4.